The second-order valence-electron chi connectivity index (χ2n) is 6.67. The first-order valence-electron chi connectivity index (χ1n) is 8.97. The number of anilines is 2. The average molecular weight is 333 g/mol. The van der Waals surface area contributed by atoms with E-state index >= 15 is 0 Å². The van der Waals surface area contributed by atoms with E-state index in [4.69, 9.17) is 10.5 Å². The zero-order valence-corrected chi connectivity index (χ0v) is 14.3. The molecular weight excluding hydrogens is 306 g/mol. The maximum atomic E-state index is 11.7. The van der Waals surface area contributed by atoms with Gasteiger partial charge < -0.3 is 21.1 Å². The van der Waals surface area contributed by atoms with Crippen molar-refractivity contribution in [3.8, 4) is 0 Å². The monoisotopic (exact) mass is 333 g/mol. The van der Waals surface area contributed by atoms with Crippen LogP contribution >= 0.6 is 0 Å². The lowest BCUT2D eigenvalue weighted by atomic mass is 9.93. The predicted octanol–water partition coefficient (Wildman–Crippen LogP) is 2.30. The normalized spacial score (nSPS) is 24.2. The summed E-state index contributed by atoms with van der Waals surface area (Å²) >= 11 is 0. The van der Waals surface area contributed by atoms with Gasteiger partial charge in [0.15, 0.2) is 0 Å². The van der Waals surface area contributed by atoms with Gasteiger partial charge in [-0.2, -0.15) is 4.98 Å². The van der Waals surface area contributed by atoms with E-state index in [1.165, 1.54) is 12.6 Å². The SMILES string of the molecule is CCOC1CCC(Nc2nc(NC3CCC3)ncc2C(N)=O)CC1. The highest BCUT2D eigenvalue weighted by atomic mass is 16.5. The molecule has 3 rings (SSSR count). The molecule has 1 amide bonds. The minimum atomic E-state index is -0.504. The molecule has 1 aromatic heterocycles. The number of amides is 1. The number of nitrogens with zero attached hydrogens (tertiary/aromatic N) is 2. The molecule has 7 heteroatoms. The van der Waals surface area contributed by atoms with Crippen molar-refractivity contribution in [1.29, 1.82) is 0 Å². The van der Waals surface area contributed by atoms with Crippen LogP contribution in [-0.4, -0.2) is 40.7 Å². The van der Waals surface area contributed by atoms with Crippen molar-refractivity contribution < 1.29 is 9.53 Å². The van der Waals surface area contributed by atoms with Gasteiger partial charge in [-0.05, 0) is 51.9 Å². The molecule has 0 bridgehead atoms. The average Bonchev–Trinajstić information content (AvgIpc) is 2.53. The van der Waals surface area contributed by atoms with E-state index < -0.39 is 5.91 Å². The highest BCUT2D eigenvalue weighted by Gasteiger charge is 2.24. The second-order valence-corrected chi connectivity index (χ2v) is 6.67. The lowest BCUT2D eigenvalue weighted by Gasteiger charge is -2.30. The number of hydrogen-bond donors (Lipinski definition) is 3. The number of aromatic nitrogens is 2. The summed E-state index contributed by atoms with van der Waals surface area (Å²) in [7, 11) is 0. The first-order valence-corrected chi connectivity index (χ1v) is 8.97. The number of carbonyl (C=O) groups excluding carboxylic acids is 1. The van der Waals surface area contributed by atoms with Crippen LogP contribution in [0.25, 0.3) is 0 Å². The van der Waals surface area contributed by atoms with Crippen LogP contribution in [0.5, 0.6) is 0 Å². The lowest BCUT2D eigenvalue weighted by Crippen LogP contribution is -2.32. The van der Waals surface area contributed by atoms with Crippen LogP contribution in [0.1, 0.15) is 62.2 Å². The van der Waals surface area contributed by atoms with Crippen molar-refractivity contribution in [2.75, 3.05) is 17.2 Å². The van der Waals surface area contributed by atoms with Gasteiger partial charge in [-0.3, -0.25) is 4.79 Å². The molecule has 0 radical (unpaired) electrons. The van der Waals surface area contributed by atoms with Crippen molar-refractivity contribution in [1.82, 2.24) is 9.97 Å². The maximum Gasteiger partial charge on any atom is 0.254 e. The van der Waals surface area contributed by atoms with Gasteiger partial charge in [-0.1, -0.05) is 0 Å². The highest BCUT2D eigenvalue weighted by Crippen LogP contribution is 2.26. The summed E-state index contributed by atoms with van der Waals surface area (Å²) in [4.78, 5) is 20.4. The van der Waals surface area contributed by atoms with E-state index in [-0.39, 0.29) is 6.04 Å². The number of nitrogens with one attached hydrogen (secondary N) is 2. The Labute approximate surface area is 142 Å². The van der Waals surface area contributed by atoms with Crippen molar-refractivity contribution in [2.24, 2.45) is 5.73 Å². The fraction of sp³-hybridized carbons (Fsp3) is 0.706. The smallest absolute Gasteiger partial charge is 0.254 e. The fourth-order valence-corrected chi connectivity index (χ4v) is 3.28. The fourth-order valence-electron chi connectivity index (χ4n) is 3.28. The molecule has 0 spiro atoms. The molecule has 1 heterocycles. The first kappa shape index (κ1) is 17.0. The molecule has 7 nitrogen and oxygen atoms in total. The summed E-state index contributed by atoms with van der Waals surface area (Å²) in [5, 5.41) is 6.71. The first-order chi connectivity index (χ1) is 11.7. The Morgan fingerprint density at radius 2 is 1.92 bits per heavy atom. The lowest BCUT2D eigenvalue weighted by molar-refractivity contribution is 0.0346. The zero-order valence-electron chi connectivity index (χ0n) is 14.3. The van der Waals surface area contributed by atoms with Crippen LogP contribution in [-0.2, 0) is 4.74 Å². The van der Waals surface area contributed by atoms with E-state index in [1.54, 1.807) is 0 Å². The Morgan fingerprint density at radius 3 is 2.50 bits per heavy atom. The molecule has 24 heavy (non-hydrogen) atoms. The van der Waals surface area contributed by atoms with Gasteiger partial charge in [0.05, 0.1) is 11.7 Å². The Morgan fingerprint density at radius 1 is 1.21 bits per heavy atom. The van der Waals surface area contributed by atoms with E-state index in [0.29, 0.717) is 29.5 Å². The van der Waals surface area contributed by atoms with Gasteiger partial charge in [0.1, 0.15) is 5.82 Å². The standard InChI is InChI=1S/C17H27N5O2/c1-2-24-13-8-6-12(7-9-13)20-16-14(15(18)23)10-19-17(22-16)21-11-4-3-5-11/h10-13H,2-9H2,1H3,(H2,18,23)(H2,19,20,21,22). The third-order valence-corrected chi connectivity index (χ3v) is 4.91. The van der Waals surface area contributed by atoms with Gasteiger partial charge in [0.25, 0.3) is 5.91 Å². The summed E-state index contributed by atoms with van der Waals surface area (Å²) in [5.41, 5.74) is 5.82. The number of ether oxygens (including phenoxy) is 1. The minimum absolute atomic E-state index is 0.284. The number of carbonyl (C=O) groups is 1. The summed E-state index contributed by atoms with van der Waals surface area (Å²) in [5.74, 6) is 0.602. The Balaban J connectivity index is 1.65. The van der Waals surface area contributed by atoms with Crippen molar-refractivity contribution in [3.63, 3.8) is 0 Å². The van der Waals surface area contributed by atoms with Gasteiger partial charge >= 0.3 is 0 Å². The molecule has 1 aromatic rings. The maximum absolute atomic E-state index is 11.7. The molecule has 0 saturated heterocycles. The minimum Gasteiger partial charge on any atom is -0.379 e. The van der Waals surface area contributed by atoms with E-state index in [0.717, 1.165) is 45.1 Å². The molecule has 0 aromatic carbocycles. The van der Waals surface area contributed by atoms with Crippen LogP contribution in [0, 0.1) is 0 Å². The number of primary amides is 1. The molecular formula is C17H27N5O2. The van der Waals surface area contributed by atoms with Gasteiger partial charge in [0.2, 0.25) is 5.95 Å². The van der Waals surface area contributed by atoms with Crippen LogP contribution in [0.15, 0.2) is 6.20 Å². The van der Waals surface area contributed by atoms with E-state index in [9.17, 15) is 4.79 Å². The Hall–Kier alpha value is -1.89. The molecule has 0 unspecified atom stereocenters. The Bertz CT molecular complexity index is 568. The topological polar surface area (TPSA) is 102 Å². The molecule has 2 aliphatic rings. The number of nitrogens with two attached hydrogens (primary N) is 1. The van der Waals surface area contributed by atoms with Crippen molar-refractivity contribution >= 4 is 17.7 Å². The third-order valence-electron chi connectivity index (χ3n) is 4.91. The molecule has 2 fully saturated rings. The zero-order chi connectivity index (χ0) is 16.9. The summed E-state index contributed by atoms with van der Waals surface area (Å²) in [6, 6.07) is 0.727. The Kier molecular flexibility index (Phi) is 5.50. The van der Waals surface area contributed by atoms with Crippen LogP contribution < -0.4 is 16.4 Å². The number of hydrogen-bond acceptors (Lipinski definition) is 6. The second kappa shape index (κ2) is 7.79. The molecule has 0 aliphatic heterocycles. The summed E-state index contributed by atoms with van der Waals surface area (Å²) < 4.78 is 5.69. The molecule has 132 valence electrons. The molecule has 0 atom stereocenters. The van der Waals surface area contributed by atoms with Crippen LogP contribution in [0.2, 0.25) is 0 Å². The van der Waals surface area contributed by atoms with Gasteiger partial charge in [-0.25, -0.2) is 4.98 Å². The predicted molar refractivity (Wildman–Crippen MR) is 93.1 cm³/mol. The molecule has 2 saturated carbocycles. The largest absolute Gasteiger partial charge is 0.379 e. The van der Waals surface area contributed by atoms with E-state index in [1.807, 2.05) is 6.92 Å². The van der Waals surface area contributed by atoms with Crippen molar-refractivity contribution in [3.05, 3.63) is 11.8 Å². The summed E-state index contributed by atoms with van der Waals surface area (Å²) in [6.45, 7) is 2.79. The highest BCUT2D eigenvalue weighted by molar-refractivity contribution is 5.97. The molecule has 2 aliphatic carbocycles. The number of rotatable bonds is 7. The van der Waals surface area contributed by atoms with Crippen molar-refractivity contribution in [2.45, 2.75) is 70.1 Å². The van der Waals surface area contributed by atoms with Crippen LogP contribution in [0.4, 0.5) is 11.8 Å². The van der Waals surface area contributed by atoms with Gasteiger partial charge in [-0.15, -0.1) is 0 Å². The van der Waals surface area contributed by atoms with Gasteiger partial charge in [0, 0.05) is 24.9 Å². The van der Waals surface area contributed by atoms with Crippen LogP contribution in [0.3, 0.4) is 0 Å². The summed E-state index contributed by atoms with van der Waals surface area (Å²) in [6.07, 6.45) is 9.44. The van der Waals surface area contributed by atoms with E-state index in [2.05, 4.69) is 20.6 Å². The molecule has 4 N–H and O–H groups in total. The quantitative estimate of drug-likeness (QED) is 0.707. The third kappa shape index (κ3) is 4.14.